The van der Waals surface area contributed by atoms with E-state index >= 15 is 0 Å². The average Bonchev–Trinajstić information content (AvgIpc) is 2.49. The Morgan fingerprint density at radius 3 is 2.05 bits per heavy atom. The molecule has 1 aliphatic rings. The van der Waals surface area contributed by atoms with E-state index in [0.717, 1.165) is 32.8 Å². The smallest absolute Gasteiger partial charge is 0.0700 e. The topological polar surface area (TPSA) is 30.9 Å². The van der Waals surface area contributed by atoms with E-state index in [1.165, 1.54) is 32.4 Å². The van der Waals surface area contributed by atoms with Gasteiger partial charge in [-0.1, -0.05) is 20.3 Å². The second-order valence-corrected chi connectivity index (χ2v) is 4.47. The van der Waals surface area contributed by atoms with Gasteiger partial charge in [0.1, 0.15) is 0 Å². The van der Waals surface area contributed by atoms with Gasteiger partial charge in [0, 0.05) is 26.9 Å². The predicted octanol–water partition coefficient (Wildman–Crippen LogP) is 2.57. The van der Waals surface area contributed by atoms with Gasteiger partial charge < -0.3 is 19.1 Å². The average molecular weight is 275 g/mol. The van der Waals surface area contributed by atoms with Gasteiger partial charge in [-0.2, -0.15) is 0 Å². The van der Waals surface area contributed by atoms with E-state index in [4.69, 9.17) is 14.2 Å². The second kappa shape index (κ2) is 15.9. The number of hydrogen-bond acceptors (Lipinski definition) is 4. The highest BCUT2D eigenvalue weighted by Crippen LogP contribution is 2.07. The van der Waals surface area contributed by atoms with Crippen molar-refractivity contribution in [2.45, 2.75) is 39.5 Å². The zero-order chi connectivity index (χ0) is 14.2. The van der Waals surface area contributed by atoms with Crippen LogP contribution < -0.4 is 0 Å². The summed E-state index contributed by atoms with van der Waals surface area (Å²) in [6.07, 6.45) is 5.08. The normalized spacial score (nSPS) is 15.9. The molecule has 1 heterocycles. The first-order valence-electron chi connectivity index (χ1n) is 7.80. The monoisotopic (exact) mass is 275 g/mol. The van der Waals surface area contributed by atoms with Crippen LogP contribution in [-0.2, 0) is 14.2 Å². The molecule has 1 saturated heterocycles. The SMILES string of the molecule is CC.COCCOCCCOCCN1CCCCC1. The van der Waals surface area contributed by atoms with Crippen molar-refractivity contribution in [2.24, 2.45) is 0 Å². The summed E-state index contributed by atoms with van der Waals surface area (Å²) in [6.45, 7) is 11.4. The molecule has 0 aromatic rings. The number of nitrogens with zero attached hydrogens (tertiary/aromatic N) is 1. The van der Waals surface area contributed by atoms with E-state index in [1.807, 2.05) is 13.8 Å². The predicted molar refractivity (Wildman–Crippen MR) is 79.8 cm³/mol. The molecular formula is C15H33NO3. The van der Waals surface area contributed by atoms with Gasteiger partial charge in [-0.05, 0) is 32.4 Å². The minimum absolute atomic E-state index is 0.676. The summed E-state index contributed by atoms with van der Waals surface area (Å²) < 4.78 is 15.8. The third-order valence-corrected chi connectivity index (χ3v) is 3.01. The van der Waals surface area contributed by atoms with Crippen LogP contribution in [0.1, 0.15) is 39.5 Å². The highest BCUT2D eigenvalue weighted by atomic mass is 16.5. The molecule has 0 N–H and O–H groups in total. The number of methoxy groups -OCH3 is 1. The molecule has 0 bridgehead atoms. The summed E-state index contributed by atoms with van der Waals surface area (Å²) >= 11 is 0. The molecule has 1 fully saturated rings. The van der Waals surface area contributed by atoms with Gasteiger partial charge >= 0.3 is 0 Å². The first-order chi connectivity index (χ1) is 9.43. The molecule has 0 unspecified atom stereocenters. The first kappa shape index (κ1) is 18.8. The molecule has 0 aromatic carbocycles. The maximum absolute atomic E-state index is 5.59. The Morgan fingerprint density at radius 2 is 1.42 bits per heavy atom. The number of ether oxygens (including phenoxy) is 3. The summed E-state index contributed by atoms with van der Waals surface area (Å²) in [7, 11) is 1.69. The van der Waals surface area contributed by atoms with Crippen molar-refractivity contribution in [1.82, 2.24) is 4.90 Å². The first-order valence-corrected chi connectivity index (χ1v) is 7.80. The lowest BCUT2D eigenvalue weighted by atomic mass is 10.1. The van der Waals surface area contributed by atoms with Gasteiger partial charge in [0.05, 0.1) is 19.8 Å². The second-order valence-electron chi connectivity index (χ2n) is 4.47. The zero-order valence-electron chi connectivity index (χ0n) is 13.2. The summed E-state index contributed by atoms with van der Waals surface area (Å²) in [5, 5.41) is 0. The largest absolute Gasteiger partial charge is 0.382 e. The van der Waals surface area contributed by atoms with Crippen LogP contribution >= 0.6 is 0 Å². The van der Waals surface area contributed by atoms with Gasteiger partial charge in [-0.25, -0.2) is 0 Å². The third-order valence-electron chi connectivity index (χ3n) is 3.01. The summed E-state index contributed by atoms with van der Waals surface area (Å²) in [6, 6.07) is 0. The van der Waals surface area contributed by atoms with Crippen LogP contribution in [-0.4, -0.2) is 64.7 Å². The van der Waals surface area contributed by atoms with E-state index in [1.54, 1.807) is 7.11 Å². The van der Waals surface area contributed by atoms with Gasteiger partial charge in [-0.3, -0.25) is 0 Å². The Kier molecular flexibility index (Phi) is 15.8. The highest BCUT2D eigenvalue weighted by molar-refractivity contribution is 4.63. The maximum Gasteiger partial charge on any atom is 0.0700 e. The lowest BCUT2D eigenvalue weighted by Crippen LogP contribution is -2.32. The number of hydrogen-bond donors (Lipinski definition) is 0. The van der Waals surface area contributed by atoms with Gasteiger partial charge in [0.25, 0.3) is 0 Å². The van der Waals surface area contributed by atoms with Crippen molar-refractivity contribution in [3.8, 4) is 0 Å². The van der Waals surface area contributed by atoms with Gasteiger partial charge in [-0.15, -0.1) is 0 Å². The van der Waals surface area contributed by atoms with E-state index in [-0.39, 0.29) is 0 Å². The fraction of sp³-hybridized carbons (Fsp3) is 1.00. The fourth-order valence-corrected chi connectivity index (χ4v) is 1.99. The molecule has 116 valence electrons. The van der Waals surface area contributed by atoms with Crippen LogP contribution in [0.2, 0.25) is 0 Å². The Balaban J connectivity index is 0.00000154. The zero-order valence-corrected chi connectivity index (χ0v) is 13.2. The van der Waals surface area contributed by atoms with Crippen molar-refractivity contribution in [3.05, 3.63) is 0 Å². The lowest BCUT2D eigenvalue weighted by Gasteiger charge is -2.26. The van der Waals surface area contributed by atoms with Crippen molar-refractivity contribution >= 4 is 0 Å². The molecule has 0 radical (unpaired) electrons. The minimum Gasteiger partial charge on any atom is -0.382 e. The van der Waals surface area contributed by atoms with E-state index in [2.05, 4.69) is 4.90 Å². The number of rotatable bonds is 10. The van der Waals surface area contributed by atoms with E-state index in [0.29, 0.717) is 13.2 Å². The van der Waals surface area contributed by atoms with Crippen LogP contribution in [0.3, 0.4) is 0 Å². The molecule has 0 amide bonds. The summed E-state index contributed by atoms with van der Waals surface area (Å²) in [5.74, 6) is 0. The van der Waals surface area contributed by atoms with Crippen LogP contribution in [0.5, 0.6) is 0 Å². The van der Waals surface area contributed by atoms with Crippen molar-refractivity contribution in [2.75, 3.05) is 59.8 Å². The molecule has 0 atom stereocenters. The van der Waals surface area contributed by atoms with Crippen molar-refractivity contribution in [1.29, 1.82) is 0 Å². The molecule has 0 spiro atoms. The molecule has 0 aromatic heterocycles. The lowest BCUT2D eigenvalue weighted by molar-refractivity contribution is 0.0459. The number of likely N-dealkylation sites (tertiary alicyclic amines) is 1. The Labute approximate surface area is 119 Å². The Bertz CT molecular complexity index is 161. The highest BCUT2D eigenvalue weighted by Gasteiger charge is 2.08. The standard InChI is InChI=1S/C13H27NO3.C2H6/c1-15-12-13-17-10-5-9-16-11-8-14-6-3-2-4-7-14;1-2/h2-13H2,1H3;1-2H3. The molecule has 1 aliphatic heterocycles. The Morgan fingerprint density at radius 1 is 0.789 bits per heavy atom. The van der Waals surface area contributed by atoms with Crippen LogP contribution in [0.25, 0.3) is 0 Å². The molecule has 4 nitrogen and oxygen atoms in total. The van der Waals surface area contributed by atoms with Gasteiger partial charge in [0.2, 0.25) is 0 Å². The molecule has 0 aliphatic carbocycles. The maximum atomic E-state index is 5.59. The van der Waals surface area contributed by atoms with Crippen LogP contribution in [0, 0.1) is 0 Å². The molecule has 4 heteroatoms. The van der Waals surface area contributed by atoms with Crippen LogP contribution in [0.4, 0.5) is 0 Å². The summed E-state index contributed by atoms with van der Waals surface area (Å²) in [5.41, 5.74) is 0. The Hall–Kier alpha value is -0.160. The fourth-order valence-electron chi connectivity index (χ4n) is 1.99. The van der Waals surface area contributed by atoms with Gasteiger partial charge in [0.15, 0.2) is 0 Å². The number of piperidine rings is 1. The molecular weight excluding hydrogens is 242 g/mol. The minimum atomic E-state index is 0.676. The van der Waals surface area contributed by atoms with Crippen LogP contribution in [0.15, 0.2) is 0 Å². The quantitative estimate of drug-likeness (QED) is 0.573. The summed E-state index contributed by atoms with van der Waals surface area (Å²) in [4.78, 5) is 2.50. The van der Waals surface area contributed by atoms with E-state index in [9.17, 15) is 0 Å². The van der Waals surface area contributed by atoms with E-state index < -0.39 is 0 Å². The van der Waals surface area contributed by atoms with Crippen molar-refractivity contribution in [3.63, 3.8) is 0 Å². The third kappa shape index (κ3) is 12.6. The molecule has 0 saturated carbocycles. The van der Waals surface area contributed by atoms with Crippen molar-refractivity contribution < 1.29 is 14.2 Å². The molecule has 1 rings (SSSR count). The molecule has 19 heavy (non-hydrogen) atoms.